The number of hydrogen-bond donors (Lipinski definition) is 2. The van der Waals surface area contributed by atoms with Crippen LogP contribution in [0.15, 0.2) is 54.6 Å². The fourth-order valence-corrected chi connectivity index (χ4v) is 2.35. The van der Waals surface area contributed by atoms with E-state index in [1.54, 1.807) is 12.1 Å². The van der Waals surface area contributed by atoms with Gasteiger partial charge in [0.05, 0.1) is 0 Å². The van der Waals surface area contributed by atoms with Gasteiger partial charge in [-0.25, -0.2) is 4.79 Å². The highest BCUT2D eigenvalue weighted by atomic mass is 16.4. The van der Waals surface area contributed by atoms with Crippen LogP contribution in [0.5, 0.6) is 0 Å². The Kier molecular flexibility index (Phi) is 5.92. The van der Waals surface area contributed by atoms with Crippen LogP contribution in [0, 0.1) is 0 Å². The maximum absolute atomic E-state index is 12.2. The van der Waals surface area contributed by atoms with Gasteiger partial charge in [0.25, 0.3) is 5.91 Å². The summed E-state index contributed by atoms with van der Waals surface area (Å²) >= 11 is 0. The van der Waals surface area contributed by atoms with Crippen molar-refractivity contribution in [1.29, 1.82) is 0 Å². The summed E-state index contributed by atoms with van der Waals surface area (Å²) < 4.78 is 0. The van der Waals surface area contributed by atoms with Crippen molar-refractivity contribution in [3.05, 3.63) is 60.2 Å². The summed E-state index contributed by atoms with van der Waals surface area (Å²) in [5.74, 6) is -1.35. The Balaban J connectivity index is 2.06. The Hall–Kier alpha value is -2.62. The molecule has 2 aromatic carbocycles. The molecule has 2 rings (SSSR count). The predicted molar refractivity (Wildman–Crippen MR) is 90.3 cm³/mol. The molecule has 0 saturated carbocycles. The number of hydrogen-bond acceptors (Lipinski definition) is 2. The van der Waals surface area contributed by atoms with Crippen molar-refractivity contribution in [3.63, 3.8) is 0 Å². The predicted octanol–water partition coefficient (Wildman–Crippen LogP) is 3.73. The molecular weight excluding hydrogens is 290 g/mol. The van der Waals surface area contributed by atoms with Crippen molar-refractivity contribution in [2.24, 2.45) is 0 Å². The molecule has 120 valence electrons. The van der Waals surface area contributed by atoms with E-state index in [9.17, 15) is 14.7 Å². The van der Waals surface area contributed by atoms with Gasteiger partial charge in [-0.2, -0.15) is 0 Å². The third-order valence-electron chi connectivity index (χ3n) is 3.70. The Morgan fingerprint density at radius 1 is 1.00 bits per heavy atom. The molecule has 0 fully saturated rings. The highest BCUT2D eigenvalue weighted by Gasteiger charge is 2.19. The number of nitrogens with one attached hydrogen (secondary N) is 1. The van der Waals surface area contributed by atoms with Crippen LogP contribution < -0.4 is 5.32 Å². The molecule has 0 radical (unpaired) electrons. The van der Waals surface area contributed by atoms with Crippen LogP contribution in [-0.2, 0) is 4.79 Å². The van der Waals surface area contributed by atoms with E-state index in [0.717, 1.165) is 24.0 Å². The van der Waals surface area contributed by atoms with E-state index in [0.29, 0.717) is 12.0 Å². The molecule has 4 nitrogen and oxygen atoms in total. The fraction of sp³-hybridized carbons (Fsp3) is 0.263. The van der Waals surface area contributed by atoms with E-state index in [1.165, 1.54) is 0 Å². The summed E-state index contributed by atoms with van der Waals surface area (Å²) in [6, 6.07) is 16.2. The summed E-state index contributed by atoms with van der Waals surface area (Å²) in [5, 5.41) is 11.8. The van der Waals surface area contributed by atoms with Gasteiger partial charge in [0.1, 0.15) is 6.04 Å². The SMILES string of the molecule is CCCC[C@H](NC(=O)c1ccc(-c2ccccc2)cc1)C(=O)O. The molecule has 0 spiro atoms. The second-order valence-electron chi connectivity index (χ2n) is 5.45. The standard InChI is InChI=1S/C19H21NO3/c1-2-3-9-17(19(22)23)20-18(21)16-12-10-15(11-13-16)14-7-5-4-6-8-14/h4-8,10-13,17H,2-3,9H2,1H3,(H,20,21)(H,22,23)/t17-/m0/s1. The van der Waals surface area contributed by atoms with Crippen molar-refractivity contribution in [1.82, 2.24) is 5.32 Å². The van der Waals surface area contributed by atoms with E-state index in [-0.39, 0.29) is 5.91 Å². The normalized spacial score (nSPS) is 11.7. The third kappa shape index (κ3) is 4.68. The lowest BCUT2D eigenvalue weighted by Gasteiger charge is -2.14. The summed E-state index contributed by atoms with van der Waals surface area (Å²) in [4.78, 5) is 23.4. The van der Waals surface area contributed by atoms with E-state index >= 15 is 0 Å². The van der Waals surface area contributed by atoms with E-state index in [2.05, 4.69) is 5.32 Å². The Labute approximate surface area is 136 Å². The minimum Gasteiger partial charge on any atom is -0.480 e. The van der Waals surface area contributed by atoms with Crippen molar-refractivity contribution < 1.29 is 14.7 Å². The minimum absolute atomic E-state index is 0.354. The quantitative estimate of drug-likeness (QED) is 0.819. The smallest absolute Gasteiger partial charge is 0.326 e. The van der Waals surface area contributed by atoms with Gasteiger partial charge in [-0.3, -0.25) is 4.79 Å². The number of amides is 1. The zero-order chi connectivity index (χ0) is 16.7. The van der Waals surface area contributed by atoms with Gasteiger partial charge < -0.3 is 10.4 Å². The topological polar surface area (TPSA) is 66.4 Å². The maximum Gasteiger partial charge on any atom is 0.326 e. The van der Waals surface area contributed by atoms with Gasteiger partial charge in [-0.15, -0.1) is 0 Å². The molecule has 0 aromatic heterocycles. The molecule has 1 atom stereocenters. The molecule has 0 heterocycles. The first-order valence-corrected chi connectivity index (χ1v) is 7.81. The van der Waals surface area contributed by atoms with Crippen LogP contribution in [0.2, 0.25) is 0 Å². The molecule has 0 unspecified atom stereocenters. The lowest BCUT2D eigenvalue weighted by atomic mass is 10.0. The summed E-state index contributed by atoms with van der Waals surface area (Å²) in [7, 11) is 0. The van der Waals surface area contributed by atoms with E-state index < -0.39 is 12.0 Å². The molecule has 0 bridgehead atoms. The number of benzene rings is 2. The Morgan fingerprint density at radius 2 is 1.61 bits per heavy atom. The highest BCUT2D eigenvalue weighted by molar-refractivity contribution is 5.97. The van der Waals surface area contributed by atoms with Crippen molar-refractivity contribution >= 4 is 11.9 Å². The first-order chi connectivity index (χ1) is 11.1. The van der Waals surface area contributed by atoms with Crippen LogP contribution >= 0.6 is 0 Å². The second kappa shape index (κ2) is 8.13. The van der Waals surface area contributed by atoms with Gasteiger partial charge in [0.2, 0.25) is 0 Å². The summed E-state index contributed by atoms with van der Waals surface area (Å²) in [6.45, 7) is 1.99. The number of rotatable bonds is 7. The molecule has 0 aliphatic rings. The number of aliphatic carboxylic acids is 1. The number of unbranched alkanes of at least 4 members (excludes halogenated alkanes) is 1. The number of carbonyl (C=O) groups is 2. The number of carboxylic acid groups (broad SMARTS) is 1. The fourth-order valence-electron chi connectivity index (χ4n) is 2.35. The summed E-state index contributed by atoms with van der Waals surface area (Å²) in [6.07, 6.45) is 2.11. The first-order valence-electron chi connectivity index (χ1n) is 7.81. The second-order valence-corrected chi connectivity index (χ2v) is 5.45. The van der Waals surface area contributed by atoms with Crippen LogP contribution in [0.25, 0.3) is 11.1 Å². The van der Waals surface area contributed by atoms with Crippen LogP contribution in [0.1, 0.15) is 36.5 Å². The molecule has 0 saturated heterocycles. The average Bonchev–Trinajstić information content (AvgIpc) is 2.59. The van der Waals surface area contributed by atoms with E-state index in [4.69, 9.17) is 0 Å². The molecule has 0 aliphatic carbocycles. The average molecular weight is 311 g/mol. The Morgan fingerprint density at radius 3 is 2.17 bits per heavy atom. The Bertz CT molecular complexity index is 650. The summed E-state index contributed by atoms with van der Waals surface area (Å²) in [5.41, 5.74) is 2.56. The van der Waals surface area contributed by atoms with Gasteiger partial charge in [-0.1, -0.05) is 62.2 Å². The van der Waals surface area contributed by atoms with Gasteiger partial charge in [-0.05, 0) is 29.7 Å². The van der Waals surface area contributed by atoms with Gasteiger partial charge >= 0.3 is 5.97 Å². The molecule has 1 amide bonds. The number of carboxylic acids is 1. The van der Waals surface area contributed by atoms with Crippen molar-refractivity contribution in [2.75, 3.05) is 0 Å². The molecule has 2 aromatic rings. The van der Waals surface area contributed by atoms with Gasteiger partial charge in [0, 0.05) is 5.56 Å². The monoisotopic (exact) mass is 311 g/mol. The zero-order valence-corrected chi connectivity index (χ0v) is 13.2. The molecule has 2 N–H and O–H groups in total. The third-order valence-corrected chi connectivity index (χ3v) is 3.70. The molecular formula is C19H21NO3. The largest absolute Gasteiger partial charge is 0.480 e. The molecule has 23 heavy (non-hydrogen) atoms. The minimum atomic E-state index is -0.993. The molecule has 4 heteroatoms. The van der Waals surface area contributed by atoms with Gasteiger partial charge in [0.15, 0.2) is 0 Å². The maximum atomic E-state index is 12.2. The first kappa shape index (κ1) is 16.7. The van der Waals surface area contributed by atoms with Crippen LogP contribution in [0.4, 0.5) is 0 Å². The van der Waals surface area contributed by atoms with Crippen molar-refractivity contribution in [3.8, 4) is 11.1 Å². The number of carbonyl (C=O) groups excluding carboxylic acids is 1. The molecule has 0 aliphatic heterocycles. The zero-order valence-electron chi connectivity index (χ0n) is 13.2. The highest BCUT2D eigenvalue weighted by Crippen LogP contribution is 2.19. The lowest BCUT2D eigenvalue weighted by molar-refractivity contribution is -0.139. The van der Waals surface area contributed by atoms with Crippen LogP contribution in [0.3, 0.4) is 0 Å². The van der Waals surface area contributed by atoms with E-state index in [1.807, 2.05) is 49.4 Å². The van der Waals surface area contributed by atoms with Crippen molar-refractivity contribution in [2.45, 2.75) is 32.2 Å². The van der Waals surface area contributed by atoms with Crippen LogP contribution in [-0.4, -0.2) is 23.0 Å². The lowest BCUT2D eigenvalue weighted by Crippen LogP contribution is -2.40.